The number of fused-ring (bicyclic) bond motifs is 1. The zero-order chi connectivity index (χ0) is 12.6. The first kappa shape index (κ1) is 12.0. The number of carbonyl (C=O) groups is 1. The summed E-state index contributed by atoms with van der Waals surface area (Å²) in [5.41, 5.74) is 1.86. The van der Waals surface area contributed by atoms with E-state index in [0.29, 0.717) is 6.42 Å². The van der Waals surface area contributed by atoms with Gasteiger partial charge >= 0.3 is 0 Å². The summed E-state index contributed by atoms with van der Waals surface area (Å²) < 4.78 is 1.87. The second-order valence-electron chi connectivity index (χ2n) is 4.51. The number of amides is 1. The highest BCUT2D eigenvalue weighted by Crippen LogP contribution is 2.33. The van der Waals surface area contributed by atoms with Gasteiger partial charge in [-0.2, -0.15) is 5.10 Å². The Kier molecular flexibility index (Phi) is 3.09. The minimum Gasteiger partial charge on any atom is -0.352 e. The van der Waals surface area contributed by atoms with Gasteiger partial charge in [0, 0.05) is 26.1 Å². The van der Waals surface area contributed by atoms with E-state index in [4.69, 9.17) is 0 Å². The minimum atomic E-state index is 0.0809. The molecule has 1 atom stereocenters. The number of carbonyl (C=O) groups excluding carboxylic acids is 1. The van der Waals surface area contributed by atoms with Gasteiger partial charge in [0.25, 0.3) is 0 Å². The number of nitrogens with one attached hydrogen (secondary N) is 1. The highest BCUT2D eigenvalue weighted by molar-refractivity contribution is 5.96. The first-order valence-corrected chi connectivity index (χ1v) is 6.20. The normalized spacial score (nSPS) is 19.9. The molecule has 17 heavy (non-hydrogen) atoms. The van der Waals surface area contributed by atoms with Crippen LogP contribution in [0.15, 0.2) is 0 Å². The van der Waals surface area contributed by atoms with E-state index in [9.17, 15) is 4.79 Å². The van der Waals surface area contributed by atoms with Gasteiger partial charge in [-0.15, -0.1) is 0 Å². The Morgan fingerprint density at radius 1 is 1.47 bits per heavy atom. The quantitative estimate of drug-likeness (QED) is 0.847. The molecule has 0 saturated heterocycles. The van der Waals surface area contributed by atoms with Crippen molar-refractivity contribution in [2.24, 2.45) is 7.05 Å². The molecule has 1 aliphatic heterocycles. The summed E-state index contributed by atoms with van der Waals surface area (Å²) in [4.78, 5) is 14.1. The molecule has 0 bridgehead atoms. The monoisotopic (exact) mass is 236 g/mol. The topological polar surface area (TPSA) is 50.2 Å². The lowest BCUT2D eigenvalue weighted by atomic mass is 10.2. The Hall–Kier alpha value is -1.52. The van der Waals surface area contributed by atoms with Gasteiger partial charge in [-0.3, -0.25) is 9.48 Å². The maximum Gasteiger partial charge on any atom is 0.226 e. The van der Waals surface area contributed by atoms with Crippen molar-refractivity contribution >= 4 is 17.4 Å². The number of anilines is 2. The third-order valence-electron chi connectivity index (χ3n) is 3.31. The van der Waals surface area contributed by atoms with Gasteiger partial charge in [-0.25, -0.2) is 0 Å². The van der Waals surface area contributed by atoms with E-state index in [0.717, 1.165) is 30.2 Å². The van der Waals surface area contributed by atoms with Crippen molar-refractivity contribution < 1.29 is 4.79 Å². The average molecular weight is 236 g/mol. The molecule has 2 rings (SSSR count). The van der Waals surface area contributed by atoms with Crippen LogP contribution < -0.4 is 10.2 Å². The first-order chi connectivity index (χ1) is 8.08. The molecular formula is C12H20N4O. The van der Waals surface area contributed by atoms with Crippen molar-refractivity contribution in [3.05, 3.63) is 5.69 Å². The van der Waals surface area contributed by atoms with Crippen molar-refractivity contribution in [3.8, 4) is 0 Å². The Labute approximate surface area is 102 Å². The van der Waals surface area contributed by atoms with E-state index in [1.54, 1.807) is 0 Å². The Morgan fingerprint density at radius 3 is 2.76 bits per heavy atom. The predicted octanol–water partition coefficient (Wildman–Crippen LogP) is 1.54. The minimum absolute atomic E-state index is 0.0809. The lowest BCUT2D eigenvalue weighted by Crippen LogP contribution is -2.34. The first-order valence-electron chi connectivity index (χ1n) is 6.20. The number of rotatable bonds is 2. The van der Waals surface area contributed by atoms with Gasteiger partial charge in [0.15, 0.2) is 5.82 Å². The fourth-order valence-corrected chi connectivity index (χ4v) is 2.51. The zero-order valence-corrected chi connectivity index (χ0v) is 10.9. The summed E-state index contributed by atoms with van der Waals surface area (Å²) in [6.07, 6.45) is 1.36. The molecule has 0 aromatic carbocycles. The molecule has 2 heterocycles. The van der Waals surface area contributed by atoms with Crippen LogP contribution in [0.4, 0.5) is 11.5 Å². The van der Waals surface area contributed by atoms with Crippen molar-refractivity contribution in [1.29, 1.82) is 0 Å². The highest BCUT2D eigenvalue weighted by Gasteiger charge is 2.29. The molecule has 1 unspecified atom stereocenters. The molecule has 1 aliphatic rings. The largest absolute Gasteiger partial charge is 0.352 e. The molecule has 94 valence electrons. The molecule has 1 N–H and O–H groups in total. The molecule has 0 saturated carbocycles. The predicted molar refractivity (Wildman–Crippen MR) is 68.3 cm³/mol. The average Bonchev–Trinajstić information content (AvgIpc) is 2.51. The van der Waals surface area contributed by atoms with Crippen LogP contribution >= 0.6 is 0 Å². The SMILES string of the molecule is CCc1nn(C)c2c1NC(=O)CC(C)N2CC. The summed E-state index contributed by atoms with van der Waals surface area (Å²) in [7, 11) is 1.94. The number of hydrogen-bond donors (Lipinski definition) is 1. The van der Waals surface area contributed by atoms with Gasteiger partial charge < -0.3 is 10.2 Å². The molecule has 1 aromatic heterocycles. The summed E-state index contributed by atoms with van der Waals surface area (Å²) in [6, 6.07) is 0.210. The fourth-order valence-electron chi connectivity index (χ4n) is 2.51. The summed E-state index contributed by atoms with van der Waals surface area (Å²) in [5.74, 6) is 1.11. The maximum atomic E-state index is 11.8. The molecule has 5 nitrogen and oxygen atoms in total. The molecule has 0 radical (unpaired) electrons. The van der Waals surface area contributed by atoms with Crippen molar-refractivity contribution in [3.63, 3.8) is 0 Å². The van der Waals surface area contributed by atoms with E-state index in [1.807, 2.05) is 11.7 Å². The van der Waals surface area contributed by atoms with E-state index in [2.05, 4.69) is 36.1 Å². The smallest absolute Gasteiger partial charge is 0.226 e. The van der Waals surface area contributed by atoms with Crippen LogP contribution in [0.25, 0.3) is 0 Å². The fraction of sp³-hybridized carbons (Fsp3) is 0.667. The van der Waals surface area contributed by atoms with Crippen molar-refractivity contribution in [1.82, 2.24) is 9.78 Å². The third-order valence-corrected chi connectivity index (χ3v) is 3.31. The Morgan fingerprint density at radius 2 is 2.18 bits per heavy atom. The van der Waals surface area contributed by atoms with Crippen molar-refractivity contribution in [2.45, 2.75) is 39.7 Å². The van der Waals surface area contributed by atoms with Gasteiger partial charge in [-0.1, -0.05) is 6.92 Å². The van der Waals surface area contributed by atoms with Crippen LogP contribution in [0, 0.1) is 0 Å². The number of aryl methyl sites for hydroxylation is 2. The zero-order valence-electron chi connectivity index (χ0n) is 10.9. The maximum absolute atomic E-state index is 11.8. The van der Waals surface area contributed by atoms with E-state index < -0.39 is 0 Å². The van der Waals surface area contributed by atoms with E-state index >= 15 is 0 Å². The van der Waals surface area contributed by atoms with Gasteiger partial charge in [0.1, 0.15) is 5.69 Å². The van der Waals surface area contributed by atoms with Crippen LogP contribution in [0.5, 0.6) is 0 Å². The number of nitrogens with zero attached hydrogens (tertiary/aromatic N) is 3. The van der Waals surface area contributed by atoms with E-state index in [-0.39, 0.29) is 11.9 Å². The van der Waals surface area contributed by atoms with Gasteiger partial charge in [0.05, 0.1) is 5.69 Å². The summed E-state index contributed by atoms with van der Waals surface area (Å²) in [5, 5.41) is 7.47. The van der Waals surface area contributed by atoms with Crippen LogP contribution in [0.3, 0.4) is 0 Å². The lowest BCUT2D eigenvalue weighted by molar-refractivity contribution is -0.116. The Bertz CT molecular complexity index is 438. The lowest BCUT2D eigenvalue weighted by Gasteiger charge is -2.27. The Balaban J connectivity index is 2.56. The van der Waals surface area contributed by atoms with Gasteiger partial charge in [-0.05, 0) is 20.3 Å². The second kappa shape index (κ2) is 4.39. The number of aromatic nitrogens is 2. The van der Waals surface area contributed by atoms with Crippen LogP contribution in [0.1, 0.15) is 32.9 Å². The standard InChI is InChI=1S/C12H20N4O/c1-5-9-11-12(15(4)14-9)16(6-2)8(3)7-10(17)13-11/h8H,5-7H2,1-4H3,(H,13,17). The molecule has 1 aromatic rings. The van der Waals surface area contributed by atoms with Crippen LogP contribution in [-0.2, 0) is 18.3 Å². The summed E-state index contributed by atoms with van der Waals surface area (Å²) in [6.45, 7) is 7.12. The molecule has 5 heteroatoms. The van der Waals surface area contributed by atoms with Crippen molar-refractivity contribution in [2.75, 3.05) is 16.8 Å². The second-order valence-corrected chi connectivity index (χ2v) is 4.51. The molecule has 0 spiro atoms. The van der Waals surface area contributed by atoms with Crippen LogP contribution in [0.2, 0.25) is 0 Å². The van der Waals surface area contributed by atoms with Crippen LogP contribution in [-0.4, -0.2) is 28.3 Å². The molecule has 0 fully saturated rings. The summed E-state index contributed by atoms with van der Waals surface area (Å²) >= 11 is 0. The number of hydrogen-bond acceptors (Lipinski definition) is 3. The van der Waals surface area contributed by atoms with E-state index in [1.165, 1.54) is 0 Å². The molecular weight excluding hydrogens is 216 g/mol. The van der Waals surface area contributed by atoms with Gasteiger partial charge in [0.2, 0.25) is 5.91 Å². The highest BCUT2D eigenvalue weighted by atomic mass is 16.1. The molecule has 1 amide bonds. The molecule has 0 aliphatic carbocycles. The third kappa shape index (κ3) is 1.90.